The molecule has 0 aliphatic carbocycles. The van der Waals surface area contributed by atoms with Crippen molar-refractivity contribution in [1.82, 2.24) is 0 Å². The lowest BCUT2D eigenvalue weighted by molar-refractivity contribution is -0.133. The normalized spacial score (nSPS) is 21.2. The third kappa shape index (κ3) is 3.31. The van der Waals surface area contributed by atoms with Crippen LogP contribution in [0, 0.1) is 0 Å². The predicted octanol–water partition coefficient (Wildman–Crippen LogP) is -1.59. The van der Waals surface area contributed by atoms with E-state index in [-0.39, 0.29) is 0 Å². The van der Waals surface area contributed by atoms with E-state index in [1.54, 1.807) is 0 Å². The standard InChI is InChI=1S/C6H11IO5/c1-2(8)3(9)4(10)5(11)6(7)12/h2-5,8-11H,1H3/t2-,3-,4+,5-/m1/s1. The molecule has 5 nitrogen and oxygen atoms in total. The number of hydrogen-bond acceptors (Lipinski definition) is 5. The van der Waals surface area contributed by atoms with Crippen molar-refractivity contribution in [2.75, 3.05) is 0 Å². The maximum atomic E-state index is 10.5. The van der Waals surface area contributed by atoms with Gasteiger partial charge in [-0.25, -0.2) is 0 Å². The molecule has 0 unspecified atom stereocenters. The molecule has 0 rings (SSSR count). The van der Waals surface area contributed by atoms with Crippen LogP contribution in [0.4, 0.5) is 0 Å². The van der Waals surface area contributed by atoms with E-state index in [1.807, 2.05) is 0 Å². The van der Waals surface area contributed by atoms with E-state index in [4.69, 9.17) is 20.4 Å². The molecular weight excluding hydrogens is 279 g/mol. The summed E-state index contributed by atoms with van der Waals surface area (Å²) in [5.74, 6) is 0. The molecule has 0 saturated carbocycles. The molecule has 72 valence electrons. The molecule has 0 heterocycles. The summed E-state index contributed by atoms with van der Waals surface area (Å²) in [6.07, 6.45) is -6.01. The van der Waals surface area contributed by atoms with Gasteiger partial charge < -0.3 is 20.4 Å². The van der Waals surface area contributed by atoms with Gasteiger partial charge in [0.15, 0.2) is 6.10 Å². The molecule has 0 aliphatic rings. The Labute approximate surface area is 83.2 Å². The van der Waals surface area contributed by atoms with Crippen molar-refractivity contribution < 1.29 is 25.2 Å². The highest BCUT2D eigenvalue weighted by molar-refractivity contribution is 14.1. The number of hydrogen-bond donors (Lipinski definition) is 4. The smallest absolute Gasteiger partial charge is 0.223 e. The monoisotopic (exact) mass is 290 g/mol. The minimum atomic E-state index is -1.66. The second-order valence-corrected chi connectivity index (χ2v) is 3.53. The van der Waals surface area contributed by atoms with Gasteiger partial charge in [-0.15, -0.1) is 0 Å². The van der Waals surface area contributed by atoms with E-state index in [2.05, 4.69) is 0 Å². The van der Waals surface area contributed by atoms with Gasteiger partial charge in [0, 0.05) is 22.6 Å². The Hall–Kier alpha value is 0.240. The fourth-order valence-corrected chi connectivity index (χ4v) is 0.975. The Morgan fingerprint density at radius 3 is 1.83 bits per heavy atom. The lowest BCUT2D eigenvalue weighted by Crippen LogP contribution is -2.45. The summed E-state index contributed by atoms with van der Waals surface area (Å²) >= 11 is 1.30. The van der Waals surface area contributed by atoms with Crippen molar-refractivity contribution in [3.8, 4) is 0 Å². The zero-order valence-electron chi connectivity index (χ0n) is 6.38. The van der Waals surface area contributed by atoms with Crippen molar-refractivity contribution in [3.63, 3.8) is 0 Å². The third-order valence-electron chi connectivity index (χ3n) is 1.40. The van der Waals surface area contributed by atoms with Crippen molar-refractivity contribution >= 4 is 26.4 Å². The van der Waals surface area contributed by atoms with Gasteiger partial charge in [0.05, 0.1) is 6.10 Å². The van der Waals surface area contributed by atoms with E-state index in [1.165, 1.54) is 29.5 Å². The van der Waals surface area contributed by atoms with Crippen LogP contribution in [0.25, 0.3) is 0 Å². The molecule has 6 heteroatoms. The second kappa shape index (κ2) is 5.07. The van der Waals surface area contributed by atoms with Crippen molar-refractivity contribution in [3.05, 3.63) is 0 Å². The Morgan fingerprint density at radius 2 is 1.58 bits per heavy atom. The average molecular weight is 290 g/mol. The Kier molecular flexibility index (Phi) is 5.18. The molecule has 0 fully saturated rings. The number of halogens is 1. The minimum Gasteiger partial charge on any atom is -0.391 e. The molecule has 4 N–H and O–H groups in total. The minimum absolute atomic E-state index is 0.681. The number of aliphatic hydroxyl groups is 4. The largest absolute Gasteiger partial charge is 0.391 e. The SMILES string of the molecule is C[C@@H](O)[C@@H](O)[C@H](O)[C@@H](O)C(=O)I. The zero-order chi connectivity index (χ0) is 9.89. The van der Waals surface area contributed by atoms with Crippen LogP contribution in [0.5, 0.6) is 0 Å². The average Bonchev–Trinajstić information content (AvgIpc) is 2.00. The van der Waals surface area contributed by atoms with Crippen LogP contribution in [0.1, 0.15) is 6.92 Å². The van der Waals surface area contributed by atoms with Gasteiger partial charge in [-0.1, -0.05) is 0 Å². The first-order valence-electron chi connectivity index (χ1n) is 3.29. The first kappa shape index (κ1) is 12.2. The molecule has 4 atom stereocenters. The highest BCUT2D eigenvalue weighted by Crippen LogP contribution is 2.08. The maximum absolute atomic E-state index is 10.5. The summed E-state index contributed by atoms with van der Waals surface area (Å²) in [6, 6.07) is 0. The van der Waals surface area contributed by atoms with E-state index < -0.39 is 28.2 Å². The quantitative estimate of drug-likeness (QED) is 0.370. The van der Waals surface area contributed by atoms with Crippen molar-refractivity contribution in [2.45, 2.75) is 31.3 Å². The first-order chi connectivity index (χ1) is 5.37. The van der Waals surface area contributed by atoms with Crippen LogP contribution in [0.15, 0.2) is 0 Å². The summed E-state index contributed by atoms with van der Waals surface area (Å²) in [7, 11) is 0. The Morgan fingerprint density at radius 1 is 1.17 bits per heavy atom. The highest BCUT2D eigenvalue weighted by atomic mass is 127. The fraction of sp³-hybridized carbons (Fsp3) is 0.833. The Bertz CT molecular complexity index is 160. The van der Waals surface area contributed by atoms with Gasteiger partial charge in [0.2, 0.25) is 3.79 Å². The van der Waals surface area contributed by atoms with Gasteiger partial charge >= 0.3 is 0 Å². The lowest BCUT2D eigenvalue weighted by Gasteiger charge is -2.22. The molecule has 0 amide bonds. The molecule has 0 aliphatic heterocycles. The molecule has 0 bridgehead atoms. The van der Waals surface area contributed by atoms with Crippen LogP contribution >= 0.6 is 22.6 Å². The van der Waals surface area contributed by atoms with Gasteiger partial charge in [-0.3, -0.25) is 4.79 Å². The number of rotatable bonds is 4. The Balaban J connectivity index is 4.18. The third-order valence-corrected chi connectivity index (χ3v) is 2.04. The summed E-state index contributed by atoms with van der Waals surface area (Å²) in [5.41, 5.74) is 0. The number of carbonyl (C=O) groups excluding carboxylic acids is 1. The summed E-state index contributed by atoms with van der Waals surface area (Å²) in [4.78, 5) is 10.5. The molecule has 0 aromatic heterocycles. The zero-order valence-corrected chi connectivity index (χ0v) is 8.54. The van der Waals surface area contributed by atoms with E-state index in [9.17, 15) is 4.79 Å². The second-order valence-electron chi connectivity index (χ2n) is 2.47. The van der Waals surface area contributed by atoms with Crippen molar-refractivity contribution in [1.29, 1.82) is 0 Å². The molecule has 0 aromatic carbocycles. The molecular formula is C6H11IO5. The summed E-state index contributed by atoms with van der Waals surface area (Å²) < 4.78 is -0.681. The summed E-state index contributed by atoms with van der Waals surface area (Å²) in [5, 5.41) is 35.8. The topological polar surface area (TPSA) is 98.0 Å². The van der Waals surface area contributed by atoms with Crippen LogP contribution in [0.2, 0.25) is 0 Å². The van der Waals surface area contributed by atoms with Crippen LogP contribution in [-0.4, -0.2) is 48.6 Å². The fourth-order valence-electron chi connectivity index (χ4n) is 0.606. The van der Waals surface area contributed by atoms with Crippen LogP contribution in [0.3, 0.4) is 0 Å². The first-order valence-corrected chi connectivity index (χ1v) is 4.37. The van der Waals surface area contributed by atoms with Gasteiger partial charge in [-0.2, -0.15) is 0 Å². The van der Waals surface area contributed by atoms with E-state index in [0.29, 0.717) is 0 Å². The molecule has 0 spiro atoms. The molecule has 0 saturated heterocycles. The lowest BCUT2D eigenvalue weighted by atomic mass is 10.1. The molecule has 0 aromatic rings. The van der Waals surface area contributed by atoms with E-state index in [0.717, 1.165) is 0 Å². The summed E-state index contributed by atoms with van der Waals surface area (Å²) in [6.45, 7) is 1.25. The molecule has 12 heavy (non-hydrogen) atoms. The van der Waals surface area contributed by atoms with Gasteiger partial charge in [-0.05, 0) is 6.92 Å². The van der Waals surface area contributed by atoms with Gasteiger partial charge in [0.25, 0.3) is 0 Å². The van der Waals surface area contributed by atoms with E-state index >= 15 is 0 Å². The van der Waals surface area contributed by atoms with Crippen LogP contribution < -0.4 is 0 Å². The highest BCUT2D eigenvalue weighted by Gasteiger charge is 2.31. The van der Waals surface area contributed by atoms with Crippen molar-refractivity contribution in [2.24, 2.45) is 0 Å². The number of aliphatic hydroxyl groups excluding tert-OH is 4. The predicted molar refractivity (Wildman–Crippen MR) is 48.7 cm³/mol. The van der Waals surface area contributed by atoms with Crippen LogP contribution in [-0.2, 0) is 4.79 Å². The number of carbonyl (C=O) groups is 1. The van der Waals surface area contributed by atoms with Gasteiger partial charge in [0.1, 0.15) is 12.2 Å². The molecule has 0 radical (unpaired) electrons. The maximum Gasteiger partial charge on any atom is 0.223 e.